The lowest BCUT2D eigenvalue weighted by Gasteiger charge is -2.21. The van der Waals surface area contributed by atoms with Crippen molar-refractivity contribution in [2.24, 2.45) is 0 Å². The summed E-state index contributed by atoms with van der Waals surface area (Å²) in [4.78, 5) is 6.12. The van der Waals surface area contributed by atoms with Crippen molar-refractivity contribution in [2.45, 2.75) is 13.1 Å². The topological polar surface area (TPSA) is 50.5 Å². The number of halogens is 2. The first kappa shape index (κ1) is 15.8. The second-order valence-corrected chi connectivity index (χ2v) is 4.66. The summed E-state index contributed by atoms with van der Waals surface area (Å²) < 4.78 is 32.6. The first-order valence-corrected chi connectivity index (χ1v) is 6.73. The van der Waals surface area contributed by atoms with E-state index in [0.29, 0.717) is 30.7 Å². The van der Waals surface area contributed by atoms with E-state index in [1.807, 2.05) is 4.90 Å². The number of alkyl halides is 2. The zero-order chi connectivity index (χ0) is 15.2. The molecular formula is C14H19F2N3O2. The number of benzene rings is 1. The lowest BCUT2D eigenvalue weighted by molar-refractivity contribution is 0.0658. The van der Waals surface area contributed by atoms with Crippen molar-refractivity contribution in [3.8, 4) is 0 Å². The van der Waals surface area contributed by atoms with Crippen LogP contribution < -0.4 is 0 Å². The first-order chi connectivity index (χ1) is 10.2. The average Bonchev–Trinajstić information content (AvgIpc) is 2.82. The third-order valence-electron chi connectivity index (χ3n) is 3.26. The largest absolute Gasteiger partial charge is 0.395 e. The summed E-state index contributed by atoms with van der Waals surface area (Å²) in [5.74, 6) is 0.288. The highest BCUT2D eigenvalue weighted by molar-refractivity contribution is 5.75. The van der Waals surface area contributed by atoms with Crippen molar-refractivity contribution in [1.82, 2.24) is 14.5 Å². The zero-order valence-corrected chi connectivity index (χ0v) is 11.9. The van der Waals surface area contributed by atoms with Gasteiger partial charge in [-0.25, -0.2) is 4.98 Å². The molecule has 0 radical (unpaired) electrons. The molecule has 0 aliphatic rings. The Balaban J connectivity index is 2.28. The number of rotatable bonds is 8. The smallest absolute Gasteiger partial charge is 0.320 e. The van der Waals surface area contributed by atoms with Gasteiger partial charge in [0.25, 0.3) is 0 Å². The van der Waals surface area contributed by atoms with Gasteiger partial charge < -0.3 is 9.84 Å². The normalized spacial score (nSPS) is 11.9. The van der Waals surface area contributed by atoms with Gasteiger partial charge >= 0.3 is 6.55 Å². The molecule has 5 nitrogen and oxygen atoms in total. The number of hydrogen-bond acceptors (Lipinski definition) is 4. The highest BCUT2D eigenvalue weighted by Crippen LogP contribution is 2.23. The quantitative estimate of drug-likeness (QED) is 0.808. The van der Waals surface area contributed by atoms with E-state index in [1.54, 1.807) is 31.4 Å². The number of fused-ring (bicyclic) bond motifs is 1. The molecule has 1 aromatic carbocycles. The third kappa shape index (κ3) is 3.75. The zero-order valence-electron chi connectivity index (χ0n) is 11.9. The molecule has 0 amide bonds. The van der Waals surface area contributed by atoms with Crippen LogP contribution in [0.15, 0.2) is 24.3 Å². The molecule has 21 heavy (non-hydrogen) atoms. The van der Waals surface area contributed by atoms with Crippen LogP contribution in [-0.2, 0) is 11.3 Å². The molecule has 1 heterocycles. The van der Waals surface area contributed by atoms with Gasteiger partial charge in [-0.05, 0) is 12.1 Å². The molecular weight excluding hydrogens is 280 g/mol. The molecule has 0 unspecified atom stereocenters. The molecule has 0 fully saturated rings. The number of methoxy groups -OCH3 is 1. The number of imidazole rings is 1. The van der Waals surface area contributed by atoms with Gasteiger partial charge in [0.2, 0.25) is 0 Å². The Morgan fingerprint density at radius 1 is 1.33 bits per heavy atom. The van der Waals surface area contributed by atoms with Crippen molar-refractivity contribution in [3.63, 3.8) is 0 Å². The number of aromatic nitrogens is 2. The Kier molecular flexibility index (Phi) is 5.60. The van der Waals surface area contributed by atoms with Gasteiger partial charge in [0, 0.05) is 20.2 Å². The molecule has 0 aliphatic heterocycles. The highest BCUT2D eigenvalue weighted by Gasteiger charge is 2.19. The van der Waals surface area contributed by atoms with Crippen LogP contribution in [0.4, 0.5) is 8.78 Å². The molecule has 2 rings (SSSR count). The summed E-state index contributed by atoms with van der Waals surface area (Å²) in [7, 11) is 1.57. The molecule has 0 spiro atoms. The monoisotopic (exact) mass is 299 g/mol. The van der Waals surface area contributed by atoms with Crippen LogP contribution in [0.3, 0.4) is 0 Å². The Hall–Kier alpha value is -1.57. The number of nitrogens with zero attached hydrogens (tertiary/aromatic N) is 3. The van der Waals surface area contributed by atoms with E-state index in [2.05, 4.69) is 4.98 Å². The maximum atomic E-state index is 13.3. The Labute approximate surface area is 121 Å². The van der Waals surface area contributed by atoms with E-state index in [0.717, 1.165) is 4.57 Å². The lowest BCUT2D eigenvalue weighted by atomic mass is 10.3. The van der Waals surface area contributed by atoms with Crippen molar-refractivity contribution < 1.29 is 18.6 Å². The van der Waals surface area contributed by atoms with Crippen molar-refractivity contribution in [1.29, 1.82) is 0 Å². The summed E-state index contributed by atoms with van der Waals surface area (Å²) in [6, 6.07) is 6.82. The predicted molar refractivity (Wildman–Crippen MR) is 75.2 cm³/mol. The molecule has 0 saturated carbocycles. The fourth-order valence-corrected chi connectivity index (χ4v) is 2.26. The van der Waals surface area contributed by atoms with E-state index in [4.69, 9.17) is 9.84 Å². The second-order valence-electron chi connectivity index (χ2n) is 4.66. The minimum Gasteiger partial charge on any atom is -0.395 e. The van der Waals surface area contributed by atoms with Crippen molar-refractivity contribution in [2.75, 3.05) is 33.4 Å². The Bertz CT molecular complexity index is 574. The molecule has 0 bridgehead atoms. The molecule has 116 valence electrons. The van der Waals surface area contributed by atoms with Crippen LogP contribution >= 0.6 is 0 Å². The van der Waals surface area contributed by atoms with Crippen molar-refractivity contribution in [3.05, 3.63) is 30.1 Å². The predicted octanol–water partition coefficient (Wildman–Crippen LogP) is 1.87. The van der Waals surface area contributed by atoms with E-state index in [1.165, 1.54) is 0 Å². The van der Waals surface area contributed by atoms with Crippen LogP contribution in [0.5, 0.6) is 0 Å². The van der Waals surface area contributed by atoms with E-state index in [-0.39, 0.29) is 19.0 Å². The summed E-state index contributed by atoms with van der Waals surface area (Å²) in [6.45, 7) is -1.05. The van der Waals surface area contributed by atoms with Crippen LogP contribution in [-0.4, -0.2) is 53.0 Å². The Morgan fingerprint density at radius 3 is 2.76 bits per heavy atom. The SMILES string of the molecule is COCCN(CCO)Cc1nc2ccccc2n1C(F)F. The molecule has 7 heteroatoms. The van der Waals surface area contributed by atoms with Gasteiger partial charge in [-0.2, -0.15) is 8.78 Å². The van der Waals surface area contributed by atoms with Gasteiger partial charge in [0.05, 0.1) is 30.8 Å². The minimum absolute atomic E-state index is 0.0430. The maximum absolute atomic E-state index is 13.3. The summed E-state index contributed by atoms with van der Waals surface area (Å²) in [6.07, 6.45) is 0. The number of aliphatic hydroxyl groups is 1. The van der Waals surface area contributed by atoms with Crippen LogP contribution in [0.25, 0.3) is 11.0 Å². The first-order valence-electron chi connectivity index (χ1n) is 6.73. The second kappa shape index (κ2) is 7.44. The average molecular weight is 299 g/mol. The molecule has 1 N–H and O–H groups in total. The number of para-hydroxylation sites is 2. The van der Waals surface area contributed by atoms with Gasteiger partial charge in [0.15, 0.2) is 0 Å². The van der Waals surface area contributed by atoms with Gasteiger partial charge in [-0.15, -0.1) is 0 Å². The van der Waals surface area contributed by atoms with Crippen LogP contribution in [0, 0.1) is 0 Å². The summed E-state index contributed by atoms with van der Waals surface area (Å²) >= 11 is 0. The van der Waals surface area contributed by atoms with Gasteiger partial charge in [-0.1, -0.05) is 12.1 Å². The van der Waals surface area contributed by atoms with E-state index in [9.17, 15) is 8.78 Å². The number of ether oxygens (including phenoxy) is 1. The molecule has 2 aromatic rings. The van der Waals surface area contributed by atoms with Crippen LogP contribution in [0.2, 0.25) is 0 Å². The summed E-state index contributed by atoms with van der Waals surface area (Å²) in [5, 5.41) is 9.07. The Morgan fingerprint density at radius 2 is 2.10 bits per heavy atom. The molecule has 0 atom stereocenters. The van der Waals surface area contributed by atoms with E-state index >= 15 is 0 Å². The fourth-order valence-electron chi connectivity index (χ4n) is 2.26. The fraction of sp³-hybridized carbons (Fsp3) is 0.500. The summed E-state index contributed by atoms with van der Waals surface area (Å²) in [5.41, 5.74) is 0.960. The third-order valence-corrected chi connectivity index (χ3v) is 3.26. The molecule has 0 aliphatic carbocycles. The van der Waals surface area contributed by atoms with E-state index < -0.39 is 6.55 Å². The van der Waals surface area contributed by atoms with Gasteiger partial charge in [0.1, 0.15) is 5.82 Å². The highest BCUT2D eigenvalue weighted by atomic mass is 19.3. The number of hydrogen-bond donors (Lipinski definition) is 1. The minimum atomic E-state index is -2.65. The standard InChI is InChI=1S/C14H19F2N3O2/c1-21-9-7-18(6-8-20)10-13-17-11-4-2-3-5-12(11)19(13)14(15)16/h2-5,14,20H,6-10H2,1H3. The van der Waals surface area contributed by atoms with Gasteiger partial charge in [-0.3, -0.25) is 9.47 Å². The van der Waals surface area contributed by atoms with Crippen molar-refractivity contribution >= 4 is 11.0 Å². The number of aliphatic hydroxyl groups excluding tert-OH is 1. The lowest BCUT2D eigenvalue weighted by Crippen LogP contribution is -2.31. The van der Waals surface area contributed by atoms with Crippen LogP contribution in [0.1, 0.15) is 12.4 Å². The molecule has 1 aromatic heterocycles. The molecule has 0 saturated heterocycles. The maximum Gasteiger partial charge on any atom is 0.320 e.